The van der Waals surface area contributed by atoms with Crippen LogP contribution in [0.1, 0.15) is 0 Å². The van der Waals surface area contributed by atoms with Gasteiger partial charge in [-0.05, 0) is 28.1 Å². The highest BCUT2D eigenvalue weighted by Crippen LogP contribution is 2.27. The second-order valence-electron chi connectivity index (χ2n) is 2.71. The minimum absolute atomic E-state index is 0.0942. The number of nitrogens with one attached hydrogen (secondary N) is 1. The smallest absolute Gasteiger partial charge is 0.261 e. The number of nitrogen functional groups attached to an aromatic ring is 1. The molecule has 0 saturated carbocycles. The molecule has 3 N–H and O–H groups in total. The molecule has 0 bridgehead atoms. The largest absolute Gasteiger partial charge is 0.369 e. The number of anilines is 1. The Morgan fingerprint density at radius 1 is 1.50 bits per heavy atom. The van der Waals surface area contributed by atoms with Gasteiger partial charge in [0.25, 0.3) is 5.56 Å². The maximum absolute atomic E-state index is 11.5. The highest BCUT2D eigenvalue weighted by atomic mass is 79.9. The molecule has 0 atom stereocenters. The predicted molar refractivity (Wildman–Crippen MR) is 59.5 cm³/mol. The summed E-state index contributed by atoms with van der Waals surface area (Å²) in [5.74, 6) is 0.0942. The summed E-state index contributed by atoms with van der Waals surface area (Å²) in [4.78, 5) is 17.9. The van der Waals surface area contributed by atoms with Crippen LogP contribution in [-0.2, 0) is 0 Å². The first kappa shape index (κ1) is 9.48. The van der Waals surface area contributed by atoms with E-state index in [0.717, 1.165) is 0 Å². The van der Waals surface area contributed by atoms with Crippen LogP contribution in [0.4, 0.5) is 5.95 Å². The van der Waals surface area contributed by atoms with Gasteiger partial charge in [-0.3, -0.25) is 9.78 Å². The van der Waals surface area contributed by atoms with Crippen molar-refractivity contribution < 1.29 is 0 Å². The zero-order valence-electron chi connectivity index (χ0n) is 6.84. The number of nitrogens with two attached hydrogens (primary N) is 1. The zero-order valence-corrected chi connectivity index (χ0v) is 9.19. The summed E-state index contributed by atoms with van der Waals surface area (Å²) in [5.41, 5.74) is 5.61. The third kappa shape index (κ3) is 1.38. The molecular weight excluding hydrogens is 269 g/mol. The fourth-order valence-corrected chi connectivity index (χ4v) is 1.86. The Morgan fingerprint density at radius 3 is 2.93 bits per heavy atom. The van der Waals surface area contributed by atoms with Crippen molar-refractivity contribution in [3.8, 4) is 0 Å². The van der Waals surface area contributed by atoms with Crippen LogP contribution < -0.4 is 11.3 Å². The molecule has 0 fully saturated rings. The lowest BCUT2D eigenvalue weighted by atomic mass is 10.2. The molecule has 14 heavy (non-hydrogen) atoms. The average molecular weight is 275 g/mol. The second kappa shape index (κ2) is 3.25. The molecule has 0 aliphatic rings. The maximum Gasteiger partial charge on any atom is 0.261 e. The minimum Gasteiger partial charge on any atom is -0.369 e. The molecule has 0 amide bonds. The Bertz CT molecular complexity index is 566. The number of rotatable bonds is 0. The van der Waals surface area contributed by atoms with Crippen LogP contribution in [0.25, 0.3) is 10.9 Å². The molecule has 0 radical (unpaired) electrons. The van der Waals surface area contributed by atoms with Gasteiger partial charge in [0.05, 0.1) is 20.4 Å². The molecule has 0 saturated heterocycles. The van der Waals surface area contributed by atoms with E-state index in [9.17, 15) is 4.79 Å². The predicted octanol–water partition coefficient (Wildman–Crippen LogP) is 1.92. The lowest BCUT2D eigenvalue weighted by Gasteiger charge is -2.01. The summed E-state index contributed by atoms with van der Waals surface area (Å²) in [6.07, 6.45) is 0. The van der Waals surface area contributed by atoms with E-state index in [1.54, 1.807) is 12.1 Å². The van der Waals surface area contributed by atoms with Gasteiger partial charge in [-0.25, -0.2) is 4.98 Å². The topological polar surface area (TPSA) is 71.8 Å². The number of benzene rings is 1. The van der Waals surface area contributed by atoms with Gasteiger partial charge >= 0.3 is 0 Å². The number of aromatic nitrogens is 2. The van der Waals surface area contributed by atoms with Gasteiger partial charge in [0, 0.05) is 0 Å². The minimum atomic E-state index is -0.304. The molecule has 72 valence electrons. The molecule has 0 spiro atoms. The van der Waals surface area contributed by atoms with Crippen LogP contribution >= 0.6 is 27.5 Å². The first-order chi connectivity index (χ1) is 6.59. The Labute approximate surface area is 92.2 Å². The Kier molecular flexibility index (Phi) is 2.20. The van der Waals surface area contributed by atoms with Crippen molar-refractivity contribution in [2.24, 2.45) is 0 Å². The van der Waals surface area contributed by atoms with Gasteiger partial charge in [-0.15, -0.1) is 0 Å². The van der Waals surface area contributed by atoms with Crippen molar-refractivity contribution in [1.82, 2.24) is 9.97 Å². The molecule has 2 rings (SSSR count). The Balaban J connectivity index is 3.03. The SMILES string of the molecule is Nc1nc2ccc(Cl)c(Br)c2c(=O)[nH]1. The molecule has 1 heterocycles. The fraction of sp³-hybridized carbons (Fsp3) is 0. The number of hydrogen-bond acceptors (Lipinski definition) is 3. The lowest BCUT2D eigenvalue weighted by molar-refractivity contribution is 1.19. The van der Waals surface area contributed by atoms with Crippen molar-refractivity contribution in [3.05, 3.63) is 32.0 Å². The first-order valence-corrected chi connectivity index (χ1v) is 4.90. The number of hydrogen-bond donors (Lipinski definition) is 2. The summed E-state index contributed by atoms with van der Waals surface area (Å²) in [6.45, 7) is 0. The quantitative estimate of drug-likeness (QED) is 0.771. The van der Waals surface area contributed by atoms with Crippen molar-refractivity contribution in [3.63, 3.8) is 0 Å². The molecule has 0 unspecified atom stereocenters. The van der Waals surface area contributed by atoms with Crippen molar-refractivity contribution in [1.29, 1.82) is 0 Å². The maximum atomic E-state index is 11.5. The molecular formula is C8H5BrClN3O. The second-order valence-corrected chi connectivity index (χ2v) is 3.91. The molecule has 2 aromatic rings. The summed E-state index contributed by atoms with van der Waals surface area (Å²) >= 11 is 9.06. The summed E-state index contributed by atoms with van der Waals surface area (Å²) in [7, 11) is 0. The number of nitrogens with zero attached hydrogens (tertiary/aromatic N) is 1. The van der Waals surface area contributed by atoms with Gasteiger partial charge in [0.2, 0.25) is 5.95 Å². The van der Waals surface area contributed by atoms with Crippen molar-refractivity contribution in [2.45, 2.75) is 0 Å². The van der Waals surface area contributed by atoms with Crippen LogP contribution in [0.2, 0.25) is 5.02 Å². The molecule has 0 aliphatic heterocycles. The van der Waals surface area contributed by atoms with E-state index in [1.165, 1.54) is 0 Å². The monoisotopic (exact) mass is 273 g/mol. The highest BCUT2D eigenvalue weighted by molar-refractivity contribution is 9.10. The molecule has 4 nitrogen and oxygen atoms in total. The van der Waals surface area contributed by atoms with Gasteiger partial charge < -0.3 is 5.73 Å². The third-order valence-electron chi connectivity index (χ3n) is 1.78. The summed E-state index contributed by atoms with van der Waals surface area (Å²) < 4.78 is 0.533. The van der Waals surface area contributed by atoms with Gasteiger partial charge in [-0.1, -0.05) is 11.6 Å². The van der Waals surface area contributed by atoms with Crippen molar-refractivity contribution >= 4 is 44.4 Å². The van der Waals surface area contributed by atoms with Gasteiger partial charge in [-0.2, -0.15) is 0 Å². The van der Waals surface area contributed by atoms with Gasteiger partial charge in [0.1, 0.15) is 0 Å². The Hall–Kier alpha value is -1.07. The van der Waals surface area contributed by atoms with Crippen LogP contribution in [0.15, 0.2) is 21.4 Å². The lowest BCUT2D eigenvalue weighted by Crippen LogP contribution is -2.11. The summed E-state index contributed by atoms with van der Waals surface area (Å²) in [6, 6.07) is 3.30. The van der Waals surface area contributed by atoms with E-state index in [1.807, 2.05) is 0 Å². The highest BCUT2D eigenvalue weighted by Gasteiger charge is 2.08. The fourth-order valence-electron chi connectivity index (χ4n) is 1.19. The molecule has 1 aromatic heterocycles. The van der Waals surface area contributed by atoms with Crippen molar-refractivity contribution in [2.75, 3.05) is 5.73 Å². The van der Waals surface area contributed by atoms with Crippen LogP contribution in [0, 0.1) is 0 Å². The van der Waals surface area contributed by atoms with E-state index in [4.69, 9.17) is 17.3 Å². The number of H-pyrrole nitrogens is 1. The first-order valence-electron chi connectivity index (χ1n) is 3.73. The van der Waals surface area contributed by atoms with E-state index < -0.39 is 0 Å². The number of halogens is 2. The summed E-state index contributed by atoms with van der Waals surface area (Å²) in [5, 5.41) is 0.876. The molecule has 1 aromatic carbocycles. The average Bonchev–Trinajstić information content (AvgIpc) is 2.10. The number of aromatic amines is 1. The van der Waals surface area contributed by atoms with E-state index in [-0.39, 0.29) is 11.5 Å². The normalized spacial score (nSPS) is 10.7. The molecule has 0 aliphatic carbocycles. The van der Waals surface area contributed by atoms with E-state index in [2.05, 4.69) is 25.9 Å². The Morgan fingerprint density at radius 2 is 2.21 bits per heavy atom. The standard InChI is InChI=1S/C8H5BrClN3O/c9-6-3(10)1-2-4-5(6)7(14)13-8(11)12-4/h1-2H,(H3,11,12,13,14). The van der Waals surface area contributed by atoms with Crippen LogP contribution in [-0.4, -0.2) is 9.97 Å². The van der Waals surface area contributed by atoms with Gasteiger partial charge in [0.15, 0.2) is 0 Å². The van der Waals surface area contributed by atoms with E-state index >= 15 is 0 Å². The molecule has 6 heteroatoms. The van der Waals surface area contributed by atoms with Crippen LogP contribution in [0.5, 0.6) is 0 Å². The number of fused-ring (bicyclic) bond motifs is 1. The zero-order chi connectivity index (χ0) is 10.3. The third-order valence-corrected chi connectivity index (χ3v) is 3.15. The van der Waals surface area contributed by atoms with Crippen LogP contribution in [0.3, 0.4) is 0 Å². The van der Waals surface area contributed by atoms with E-state index in [0.29, 0.717) is 20.4 Å².